The summed E-state index contributed by atoms with van der Waals surface area (Å²) in [5, 5.41) is 14.8. The van der Waals surface area contributed by atoms with Gasteiger partial charge in [0.2, 0.25) is 0 Å². The van der Waals surface area contributed by atoms with Crippen LogP contribution in [0.15, 0.2) is 91.0 Å². The Bertz CT molecular complexity index is 782. The topological polar surface area (TPSA) is 70.6 Å². The summed E-state index contributed by atoms with van der Waals surface area (Å²) in [5.74, 6) is 0. The zero-order valence-corrected chi connectivity index (χ0v) is 20.0. The first kappa shape index (κ1) is 27.9. The van der Waals surface area contributed by atoms with E-state index in [-0.39, 0.29) is 0 Å². The van der Waals surface area contributed by atoms with Gasteiger partial charge in [0.25, 0.3) is 0 Å². The fraction of sp³-hybridized carbons (Fsp3) is 0.357. The van der Waals surface area contributed by atoms with Gasteiger partial charge in [-0.05, 0) is 29.5 Å². The minimum Gasteiger partial charge on any atom is -0.356 e. The number of nitrogens with one attached hydrogen (secondary N) is 1. The molecule has 0 atom stereocenters. The molecule has 0 radical (unpaired) electrons. The van der Waals surface area contributed by atoms with Crippen LogP contribution in [0, 0.1) is 15.3 Å². The van der Waals surface area contributed by atoms with Gasteiger partial charge in [-0.2, -0.15) is 0 Å². The molecular formula is C28H38N2O3. The largest absolute Gasteiger partial charge is 0.356 e. The predicted octanol–water partition coefficient (Wildman–Crippen LogP) is 5.87. The number of benzene rings is 2. The first-order chi connectivity index (χ1) is 16.1. The first-order valence-corrected chi connectivity index (χ1v) is 11.8. The van der Waals surface area contributed by atoms with Gasteiger partial charge >= 0.3 is 0 Å². The lowest BCUT2D eigenvalue weighted by Crippen LogP contribution is -3.12. The molecule has 1 N–H and O–H groups in total. The van der Waals surface area contributed by atoms with Gasteiger partial charge < -0.3 is 20.2 Å². The number of quaternary nitrogens is 1. The molecule has 0 aliphatic rings. The average Bonchev–Trinajstić information content (AvgIpc) is 2.82. The van der Waals surface area contributed by atoms with Gasteiger partial charge in [0, 0.05) is 19.3 Å². The molecule has 0 aromatic heterocycles. The third-order valence-corrected chi connectivity index (χ3v) is 5.15. The van der Waals surface area contributed by atoms with E-state index in [1.165, 1.54) is 49.2 Å². The molecular weight excluding hydrogens is 412 g/mol. The summed E-state index contributed by atoms with van der Waals surface area (Å²) >= 11 is 0. The quantitative estimate of drug-likeness (QED) is 0.236. The fourth-order valence-electron chi connectivity index (χ4n) is 3.58. The van der Waals surface area contributed by atoms with Gasteiger partial charge in [0.1, 0.15) is 0 Å². The van der Waals surface area contributed by atoms with Gasteiger partial charge in [-0.15, -0.1) is 0 Å². The highest BCUT2D eigenvalue weighted by Crippen LogP contribution is 2.23. The molecule has 33 heavy (non-hydrogen) atoms. The Morgan fingerprint density at radius 1 is 0.727 bits per heavy atom. The Morgan fingerprint density at radius 2 is 1.12 bits per heavy atom. The van der Waals surface area contributed by atoms with Gasteiger partial charge in [-0.3, -0.25) is 0 Å². The van der Waals surface area contributed by atoms with Crippen LogP contribution in [0.5, 0.6) is 0 Å². The molecule has 0 amide bonds. The fourth-order valence-corrected chi connectivity index (χ4v) is 3.58. The number of hydrogen-bond acceptors (Lipinski definition) is 3. The van der Waals surface area contributed by atoms with E-state index in [4.69, 9.17) is 15.3 Å². The van der Waals surface area contributed by atoms with E-state index in [0.29, 0.717) is 0 Å². The van der Waals surface area contributed by atoms with E-state index in [0.717, 1.165) is 19.3 Å². The summed E-state index contributed by atoms with van der Waals surface area (Å²) in [6.45, 7) is 8.03. The third kappa shape index (κ3) is 13.8. The standard InChI is InChI=1S/C28H37N.NO3/c1-3-5-7-15-23-29(24-16-8-6-4-2)25-17-22-28(26-18-11-9-12-19-26)27-20-13-10-14-21-27;2-1(3)4/h5-14,18-22H,3-4,15-17,23-25H2,1-2H3;/q;-1/p+1/b7-5+,8-6+;. The molecule has 0 fully saturated rings. The van der Waals surface area contributed by atoms with Crippen molar-refractivity contribution in [2.75, 3.05) is 19.6 Å². The van der Waals surface area contributed by atoms with Crippen molar-refractivity contribution in [3.8, 4) is 0 Å². The summed E-state index contributed by atoms with van der Waals surface area (Å²) in [5.41, 5.74) is 3.95. The molecule has 5 heteroatoms. The normalized spacial score (nSPS) is 10.9. The van der Waals surface area contributed by atoms with Crippen molar-refractivity contribution in [1.29, 1.82) is 0 Å². The highest BCUT2D eigenvalue weighted by molar-refractivity contribution is 5.79. The summed E-state index contributed by atoms with van der Waals surface area (Å²) in [6, 6.07) is 21.6. The van der Waals surface area contributed by atoms with Crippen LogP contribution in [0.4, 0.5) is 0 Å². The zero-order valence-electron chi connectivity index (χ0n) is 20.0. The zero-order chi connectivity index (χ0) is 24.2. The van der Waals surface area contributed by atoms with Crippen molar-refractivity contribution in [1.82, 2.24) is 0 Å². The summed E-state index contributed by atoms with van der Waals surface area (Å²) < 4.78 is 0. The highest BCUT2D eigenvalue weighted by atomic mass is 16.9. The predicted molar refractivity (Wildman–Crippen MR) is 139 cm³/mol. The molecule has 0 spiro atoms. The van der Waals surface area contributed by atoms with Crippen molar-refractivity contribution in [3.05, 3.63) is 117 Å². The molecule has 0 saturated heterocycles. The molecule has 0 unspecified atom stereocenters. The second kappa shape index (κ2) is 18.4. The Hall–Kier alpha value is -3.18. The average molecular weight is 451 g/mol. The van der Waals surface area contributed by atoms with E-state index in [2.05, 4.69) is 105 Å². The number of allylic oxidation sites excluding steroid dienone is 2. The van der Waals surface area contributed by atoms with E-state index < -0.39 is 5.09 Å². The van der Waals surface area contributed by atoms with Crippen LogP contribution in [-0.4, -0.2) is 24.7 Å². The lowest BCUT2D eigenvalue weighted by atomic mass is 9.97. The Kier molecular flexibility index (Phi) is 15.5. The number of nitrogens with zero attached hydrogens (tertiary/aromatic N) is 1. The maximum Gasteiger partial charge on any atom is 0.0806 e. The van der Waals surface area contributed by atoms with Gasteiger partial charge in [0.15, 0.2) is 0 Å². The van der Waals surface area contributed by atoms with Crippen LogP contribution in [0.25, 0.3) is 5.57 Å². The maximum absolute atomic E-state index is 8.25. The first-order valence-electron chi connectivity index (χ1n) is 11.8. The van der Waals surface area contributed by atoms with Gasteiger partial charge in [0.05, 0.1) is 24.7 Å². The molecule has 0 heterocycles. The lowest BCUT2D eigenvalue weighted by molar-refractivity contribution is -0.899. The molecule has 2 aromatic rings. The molecule has 178 valence electrons. The summed E-state index contributed by atoms with van der Waals surface area (Å²) in [4.78, 5) is 9.95. The molecule has 0 aliphatic heterocycles. The minimum absolute atomic E-state index is 1.10. The second-order valence-electron chi connectivity index (χ2n) is 7.70. The van der Waals surface area contributed by atoms with Crippen LogP contribution < -0.4 is 4.90 Å². The van der Waals surface area contributed by atoms with E-state index in [1.807, 2.05) is 0 Å². The van der Waals surface area contributed by atoms with Crippen molar-refractivity contribution in [3.63, 3.8) is 0 Å². The van der Waals surface area contributed by atoms with E-state index in [9.17, 15) is 0 Å². The van der Waals surface area contributed by atoms with Crippen LogP contribution in [-0.2, 0) is 0 Å². The van der Waals surface area contributed by atoms with Crippen LogP contribution in [0.1, 0.15) is 57.1 Å². The van der Waals surface area contributed by atoms with Gasteiger partial charge in [-0.25, -0.2) is 0 Å². The Balaban J connectivity index is 0.00000125. The van der Waals surface area contributed by atoms with Crippen molar-refractivity contribution < 1.29 is 9.99 Å². The molecule has 0 bridgehead atoms. The van der Waals surface area contributed by atoms with E-state index in [1.54, 1.807) is 4.90 Å². The van der Waals surface area contributed by atoms with Crippen molar-refractivity contribution in [2.45, 2.75) is 46.0 Å². The lowest BCUT2D eigenvalue weighted by Gasteiger charge is -2.18. The summed E-state index contributed by atoms with van der Waals surface area (Å²) in [6.07, 6.45) is 17.4. The Morgan fingerprint density at radius 3 is 1.52 bits per heavy atom. The monoisotopic (exact) mass is 450 g/mol. The molecule has 2 aromatic carbocycles. The maximum atomic E-state index is 8.25. The highest BCUT2D eigenvalue weighted by Gasteiger charge is 2.08. The van der Waals surface area contributed by atoms with Crippen LogP contribution in [0.2, 0.25) is 0 Å². The van der Waals surface area contributed by atoms with Gasteiger partial charge in [-0.1, -0.05) is 105 Å². The number of rotatable bonds is 13. The van der Waals surface area contributed by atoms with Crippen molar-refractivity contribution >= 4 is 5.57 Å². The summed E-state index contributed by atoms with van der Waals surface area (Å²) in [7, 11) is 0. The SMILES string of the molecule is CC/C=C/CC[NH+](CCC=C(c1ccccc1)c1ccccc1)CC/C=C/CC.O=[N+]([O-])[O-]. The minimum atomic E-state index is -1.75. The molecule has 0 saturated carbocycles. The van der Waals surface area contributed by atoms with Crippen LogP contribution in [0.3, 0.4) is 0 Å². The van der Waals surface area contributed by atoms with E-state index >= 15 is 0 Å². The molecule has 5 nitrogen and oxygen atoms in total. The van der Waals surface area contributed by atoms with Crippen molar-refractivity contribution in [2.24, 2.45) is 0 Å². The smallest absolute Gasteiger partial charge is 0.0806 e. The van der Waals surface area contributed by atoms with Crippen LogP contribution >= 0.6 is 0 Å². The molecule has 0 aliphatic carbocycles. The third-order valence-electron chi connectivity index (χ3n) is 5.15. The molecule has 2 rings (SSSR count). The Labute approximate surface area is 198 Å². The second-order valence-corrected chi connectivity index (χ2v) is 7.70. The number of hydrogen-bond donors (Lipinski definition) is 1.